The van der Waals surface area contributed by atoms with E-state index in [4.69, 9.17) is 4.74 Å². The van der Waals surface area contributed by atoms with E-state index in [1.54, 1.807) is 7.11 Å². The third-order valence-corrected chi connectivity index (χ3v) is 5.26. The van der Waals surface area contributed by atoms with Crippen molar-refractivity contribution in [2.45, 2.75) is 45.6 Å². The van der Waals surface area contributed by atoms with Crippen LogP contribution in [0.15, 0.2) is 0 Å². The summed E-state index contributed by atoms with van der Waals surface area (Å²) in [7, 11) is 1.80. The van der Waals surface area contributed by atoms with E-state index in [2.05, 4.69) is 15.1 Å². The number of aromatic amines is 1. The molecule has 1 aromatic rings. The lowest BCUT2D eigenvalue weighted by molar-refractivity contribution is -0.130. The molecule has 21 heavy (non-hydrogen) atoms. The van der Waals surface area contributed by atoms with E-state index in [0.29, 0.717) is 30.3 Å². The number of rotatable bonds is 4. The predicted molar refractivity (Wildman–Crippen MR) is 80.0 cm³/mol. The van der Waals surface area contributed by atoms with Gasteiger partial charge in [-0.15, -0.1) is 0 Å². The Balaban J connectivity index is 1.52. The van der Waals surface area contributed by atoms with Crippen LogP contribution in [0.25, 0.3) is 0 Å². The first kappa shape index (κ1) is 14.6. The van der Waals surface area contributed by atoms with Crippen LogP contribution in [-0.2, 0) is 16.0 Å². The van der Waals surface area contributed by atoms with Crippen LogP contribution < -0.4 is 0 Å². The summed E-state index contributed by atoms with van der Waals surface area (Å²) in [6, 6.07) is 0. The third kappa shape index (κ3) is 2.84. The summed E-state index contributed by atoms with van der Waals surface area (Å²) in [4.78, 5) is 14.5. The van der Waals surface area contributed by atoms with Crippen LogP contribution in [0.2, 0.25) is 0 Å². The molecule has 3 rings (SSSR count). The molecule has 1 unspecified atom stereocenters. The molecule has 0 bridgehead atoms. The van der Waals surface area contributed by atoms with E-state index in [-0.39, 0.29) is 0 Å². The number of hydrogen-bond donors (Lipinski definition) is 1. The summed E-state index contributed by atoms with van der Waals surface area (Å²) in [5.41, 5.74) is 3.30. The van der Waals surface area contributed by atoms with E-state index < -0.39 is 0 Å². The zero-order valence-corrected chi connectivity index (χ0v) is 13.2. The fraction of sp³-hybridized carbons (Fsp3) is 0.750. The van der Waals surface area contributed by atoms with Gasteiger partial charge in [-0.2, -0.15) is 5.10 Å². The standard InChI is InChI=1S/C16H25N3O2/c1-10-15(11(2)18-17-10)4-5-16(20)19-8-12-6-14(21-3)7-13(12)9-19/h12-14H,4-9H2,1-3H3,(H,17,18)/t12-,13+,14?. The highest BCUT2D eigenvalue weighted by Gasteiger charge is 2.42. The highest BCUT2D eigenvalue weighted by molar-refractivity contribution is 5.77. The minimum atomic E-state index is 0.290. The molecule has 1 aliphatic carbocycles. The van der Waals surface area contributed by atoms with Crippen molar-refractivity contribution < 1.29 is 9.53 Å². The number of fused-ring (bicyclic) bond motifs is 1. The van der Waals surface area contributed by atoms with Gasteiger partial charge in [0.2, 0.25) is 5.91 Å². The van der Waals surface area contributed by atoms with Crippen LogP contribution in [0, 0.1) is 25.7 Å². The fourth-order valence-electron chi connectivity index (χ4n) is 3.97. The summed E-state index contributed by atoms with van der Waals surface area (Å²) < 4.78 is 5.45. The molecule has 1 saturated heterocycles. The monoisotopic (exact) mass is 291 g/mol. The fourth-order valence-corrected chi connectivity index (χ4v) is 3.97. The molecule has 0 spiro atoms. The number of aryl methyl sites for hydroxylation is 2. The van der Waals surface area contributed by atoms with Crippen LogP contribution in [-0.4, -0.2) is 47.3 Å². The number of aromatic nitrogens is 2. The van der Waals surface area contributed by atoms with Gasteiger partial charge in [0, 0.05) is 32.3 Å². The number of carbonyl (C=O) groups excluding carboxylic acids is 1. The number of carbonyl (C=O) groups is 1. The van der Waals surface area contributed by atoms with Crippen molar-refractivity contribution in [2.75, 3.05) is 20.2 Å². The molecule has 5 nitrogen and oxygen atoms in total. The molecule has 2 heterocycles. The molecule has 0 aromatic carbocycles. The van der Waals surface area contributed by atoms with Gasteiger partial charge in [0.05, 0.1) is 11.8 Å². The van der Waals surface area contributed by atoms with Gasteiger partial charge in [0.25, 0.3) is 0 Å². The molecule has 1 saturated carbocycles. The van der Waals surface area contributed by atoms with Gasteiger partial charge < -0.3 is 9.64 Å². The lowest BCUT2D eigenvalue weighted by Gasteiger charge is -2.19. The van der Waals surface area contributed by atoms with E-state index in [9.17, 15) is 4.79 Å². The van der Waals surface area contributed by atoms with Crippen molar-refractivity contribution in [1.82, 2.24) is 15.1 Å². The number of nitrogens with zero attached hydrogens (tertiary/aromatic N) is 2. The number of nitrogens with one attached hydrogen (secondary N) is 1. The van der Waals surface area contributed by atoms with Gasteiger partial charge in [-0.25, -0.2) is 0 Å². The molecule has 1 aliphatic heterocycles. The average Bonchev–Trinajstić information content (AvgIpc) is 3.10. The summed E-state index contributed by atoms with van der Waals surface area (Å²) in [5.74, 6) is 1.59. The number of amides is 1. The molecule has 2 aliphatic rings. The second kappa shape index (κ2) is 5.79. The van der Waals surface area contributed by atoms with Crippen molar-refractivity contribution in [3.63, 3.8) is 0 Å². The van der Waals surface area contributed by atoms with Crippen molar-refractivity contribution in [1.29, 1.82) is 0 Å². The lowest BCUT2D eigenvalue weighted by Crippen LogP contribution is -2.30. The van der Waals surface area contributed by atoms with E-state index in [1.165, 1.54) is 5.56 Å². The number of methoxy groups -OCH3 is 1. The van der Waals surface area contributed by atoms with Crippen molar-refractivity contribution in [3.8, 4) is 0 Å². The Labute approximate surface area is 126 Å². The minimum Gasteiger partial charge on any atom is -0.381 e. The maximum absolute atomic E-state index is 12.4. The number of ether oxygens (including phenoxy) is 1. The largest absolute Gasteiger partial charge is 0.381 e. The Bertz CT molecular complexity index is 492. The first-order chi connectivity index (χ1) is 10.1. The predicted octanol–water partition coefficient (Wildman–Crippen LogP) is 1.84. The zero-order chi connectivity index (χ0) is 15.0. The van der Waals surface area contributed by atoms with E-state index in [0.717, 1.165) is 43.7 Å². The highest BCUT2D eigenvalue weighted by atomic mass is 16.5. The van der Waals surface area contributed by atoms with Crippen LogP contribution in [0.3, 0.4) is 0 Å². The Hall–Kier alpha value is -1.36. The summed E-state index contributed by atoms with van der Waals surface area (Å²) in [6.07, 6.45) is 4.03. The Morgan fingerprint density at radius 2 is 2.00 bits per heavy atom. The van der Waals surface area contributed by atoms with Crippen molar-refractivity contribution in [3.05, 3.63) is 17.0 Å². The summed E-state index contributed by atoms with van der Waals surface area (Å²) in [6.45, 7) is 5.86. The molecule has 116 valence electrons. The summed E-state index contributed by atoms with van der Waals surface area (Å²) in [5, 5.41) is 7.18. The van der Waals surface area contributed by atoms with Crippen molar-refractivity contribution in [2.24, 2.45) is 11.8 Å². The van der Waals surface area contributed by atoms with Crippen LogP contribution in [0.4, 0.5) is 0 Å². The average molecular weight is 291 g/mol. The smallest absolute Gasteiger partial charge is 0.222 e. The second-order valence-electron chi connectivity index (χ2n) is 6.56. The number of likely N-dealkylation sites (tertiary alicyclic amines) is 1. The molecule has 2 fully saturated rings. The topological polar surface area (TPSA) is 58.2 Å². The zero-order valence-electron chi connectivity index (χ0n) is 13.2. The number of hydrogen-bond acceptors (Lipinski definition) is 3. The Kier molecular flexibility index (Phi) is 4.02. The van der Waals surface area contributed by atoms with Gasteiger partial charge in [-0.3, -0.25) is 9.89 Å². The normalized spacial score (nSPS) is 28.1. The first-order valence-electron chi connectivity index (χ1n) is 7.89. The SMILES string of the molecule is COC1C[C@@H]2CN(C(=O)CCc3c(C)n[nH]c3C)C[C@@H]2C1. The van der Waals surface area contributed by atoms with Crippen LogP contribution in [0.5, 0.6) is 0 Å². The molecular formula is C16H25N3O2. The Morgan fingerprint density at radius 1 is 1.33 bits per heavy atom. The van der Waals surface area contributed by atoms with E-state index in [1.807, 2.05) is 13.8 Å². The van der Waals surface area contributed by atoms with Gasteiger partial charge in [0.15, 0.2) is 0 Å². The minimum absolute atomic E-state index is 0.290. The molecular weight excluding hydrogens is 266 g/mol. The molecule has 5 heteroatoms. The highest BCUT2D eigenvalue weighted by Crippen LogP contribution is 2.39. The maximum atomic E-state index is 12.4. The molecule has 1 aromatic heterocycles. The molecule has 1 amide bonds. The van der Waals surface area contributed by atoms with Crippen LogP contribution in [0.1, 0.15) is 36.2 Å². The van der Waals surface area contributed by atoms with Crippen LogP contribution >= 0.6 is 0 Å². The van der Waals surface area contributed by atoms with Crippen molar-refractivity contribution >= 4 is 5.91 Å². The van der Waals surface area contributed by atoms with Gasteiger partial charge in [-0.05, 0) is 50.5 Å². The second-order valence-corrected chi connectivity index (χ2v) is 6.56. The maximum Gasteiger partial charge on any atom is 0.222 e. The van der Waals surface area contributed by atoms with E-state index >= 15 is 0 Å². The van der Waals surface area contributed by atoms with Gasteiger partial charge >= 0.3 is 0 Å². The summed E-state index contributed by atoms with van der Waals surface area (Å²) >= 11 is 0. The van der Waals surface area contributed by atoms with Gasteiger partial charge in [-0.1, -0.05) is 0 Å². The Morgan fingerprint density at radius 3 is 2.52 bits per heavy atom. The quantitative estimate of drug-likeness (QED) is 0.921. The third-order valence-electron chi connectivity index (χ3n) is 5.26. The molecule has 3 atom stereocenters. The first-order valence-corrected chi connectivity index (χ1v) is 7.89. The molecule has 0 radical (unpaired) electrons. The lowest BCUT2D eigenvalue weighted by atomic mass is 10.0. The number of H-pyrrole nitrogens is 1. The van der Waals surface area contributed by atoms with Gasteiger partial charge in [0.1, 0.15) is 0 Å². The molecule has 1 N–H and O–H groups in total.